The fourth-order valence-electron chi connectivity index (χ4n) is 0.933. The van der Waals surface area contributed by atoms with Crippen molar-refractivity contribution in [3.63, 3.8) is 0 Å². The van der Waals surface area contributed by atoms with Gasteiger partial charge in [0.05, 0.1) is 11.6 Å². The van der Waals surface area contributed by atoms with Crippen molar-refractivity contribution in [2.24, 2.45) is 5.73 Å². The van der Waals surface area contributed by atoms with Gasteiger partial charge in [0.2, 0.25) is 0 Å². The molecule has 6 heteroatoms. The van der Waals surface area contributed by atoms with Crippen LogP contribution in [0.4, 0.5) is 13.2 Å². The summed E-state index contributed by atoms with van der Waals surface area (Å²) in [5.41, 5.74) is 4.52. The maximum absolute atomic E-state index is 12.2. The van der Waals surface area contributed by atoms with Gasteiger partial charge in [0.25, 0.3) is 0 Å². The Balaban J connectivity index is 3.14. The summed E-state index contributed by atoms with van der Waals surface area (Å²) in [6, 6.07) is 0.663. The highest BCUT2D eigenvalue weighted by atomic mass is 19.4. The number of rotatable bonds is 1. The van der Waals surface area contributed by atoms with Crippen molar-refractivity contribution >= 4 is 0 Å². The summed E-state index contributed by atoms with van der Waals surface area (Å²) in [6.45, 7) is 0. The second-order valence-corrected chi connectivity index (χ2v) is 2.59. The lowest BCUT2D eigenvalue weighted by atomic mass is 10.0. The molecule has 3 nitrogen and oxygen atoms in total. The number of halogens is 3. The average molecular weight is 201 g/mol. The van der Waals surface area contributed by atoms with Crippen LogP contribution in [0.3, 0.4) is 0 Å². The summed E-state index contributed by atoms with van der Waals surface area (Å²) >= 11 is 0. The molecule has 0 saturated heterocycles. The number of hydrogen-bond donors (Lipinski definition) is 1. The molecule has 0 fully saturated rings. The van der Waals surface area contributed by atoms with E-state index in [1.807, 2.05) is 0 Å². The van der Waals surface area contributed by atoms with Crippen LogP contribution in [0.25, 0.3) is 0 Å². The number of hydrogen-bond acceptors (Lipinski definition) is 3. The molecule has 0 saturated carbocycles. The van der Waals surface area contributed by atoms with Gasteiger partial charge in [0.15, 0.2) is 0 Å². The monoisotopic (exact) mass is 201 g/mol. The Labute approximate surface area is 78.0 Å². The highest BCUT2D eigenvalue weighted by molar-refractivity contribution is 5.37. The second kappa shape index (κ2) is 3.64. The van der Waals surface area contributed by atoms with Crippen LogP contribution in [-0.4, -0.2) is 11.2 Å². The van der Waals surface area contributed by atoms with Crippen molar-refractivity contribution in [3.8, 4) is 6.07 Å². The fraction of sp³-hybridized carbons (Fsp3) is 0.250. The Kier molecular flexibility index (Phi) is 2.72. The number of nitrogens with zero attached hydrogens (tertiary/aromatic N) is 2. The standard InChI is InChI=1S/C8H6F3N3/c9-8(10,11)7(13)6-4-14-2-1-5(6)3-12/h1-2,4,7H,13H2/t7-/m1/s1. The number of nitrogens with two attached hydrogens (primary N) is 1. The predicted octanol–water partition coefficient (Wildman–Crippen LogP) is 1.52. The van der Waals surface area contributed by atoms with Crippen molar-refractivity contribution in [2.45, 2.75) is 12.2 Å². The van der Waals surface area contributed by atoms with Crippen LogP contribution < -0.4 is 5.73 Å². The van der Waals surface area contributed by atoms with Gasteiger partial charge in [0.1, 0.15) is 6.04 Å². The van der Waals surface area contributed by atoms with Gasteiger partial charge in [-0.3, -0.25) is 4.98 Å². The van der Waals surface area contributed by atoms with Crippen molar-refractivity contribution in [1.82, 2.24) is 4.98 Å². The molecule has 0 amide bonds. The van der Waals surface area contributed by atoms with Gasteiger partial charge in [0, 0.05) is 18.0 Å². The number of alkyl halides is 3. The number of pyridine rings is 1. The molecule has 0 aliphatic heterocycles. The number of nitriles is 1. The van der Waals surface area contributed by atoms with Crippen molar-refractivity contribution in [3.05, 3.63) is 29.6 Å². The van der Waals surface area contributed by atoms with E-state index >= 15 is 0 Å². The average Bonchev–Trinajstić information content (AvgIpc) is 2.15. The fourth-order valence-corrected chi connectivity index (χ4v) is 0.933. The maximum atomic E-state index is 12.2. The van der Waals surface area contributed by atoms with Gasteiger partial charge >= 0.3 is 6.18 Å². The highest BCUT2D eigenvalue weighted by Crippen LogP contribution is 2.31. The van der Waals surface area contributed by atoms with Crippen molar-refractivity contribution in [1.29, 1.82) is 5.26 Å². The second-order valence-electron chi connectivity index (χ2n) is 2.59. The first-order valence-corrected chi connectivity index (χ1v) is 3.63. The first-order chi connectivity index (χ1) is 6.46. The molecular weight excluding hydrogens is 195 g/mol. The van der Waals surface area contributed by atoms with Crippen LogP contribution in [-0.2, 0) is 0 Å². The summed E-state index contributed by atoms with van der Waals surface area (Å²) in [5, 5.41) is 8.53. The van der Waals surface area contributed by atoms with E-state index in [1.54, 1.807) is 6.07 Å². The smallest absolute Gasteiger partial charge is 0.316 e. The highest BCUT2D eigenvalue weighted by Gasteiger charge is 2.39. The molecule has 74 valence electrons. The normalized spacial score (nSPS) is 13.4. The lowest BCUT2D eigenvalue weighted by Crippen LogP contribution is -2.29. The third-order valence-electron chi connectivity index (χ3n) is 1.66. The minimum absolute atomic E-state index is 0.107. The summed E-state index contributed by atoms with van der Waals surface area (Å²) in [5.74, 6) is 0. The third-order valence-corrected chi connectivity index (χ3v) is 1.66. The molecule has 0 aliphatic rings. The van der Waals surface area contributed by atoms with E-state index < -0.39 is 12.2 Å². The zero-order chi connectivity index (χ0) is 10.8. The zero-order valence-electron chi connectivity index (χ0n) is 6.92. The molecule has 0 aliphatic carbocycles. The molecule has 0 bridgehead atoms. The minimum Gasteiger partial charge on any atom is -0.316 e. The van der Waals surface area contributed by atoms with E-state index in [4.69, 9.17) is 11.0 Å². The van der Waals surface area contributed by atoms with Gasteiger partial charge in [-0.25, -0.2) is 0 Å². The summed E-state index contributed by atoms with van der Waals surface area (Å²) in [6.07, 6.45) is -2.36. The topological polar surface area (TPSA) is 62.7 Å². The summed E-state index contributed by atoms with van der Waals surface area (Å²) in [4.78, 5) is 3.50. The molecule has 1 atom stereocenters. The van der Waals surface area contributed by atoms with E-state index in [2.05, 4.69) is 4.98 Å². The summed E-state index contributed by atoms with van der Waals surface area (Å²) < 4.78 is 36.6. The quantitative estimate of drug-likeness (QED) is 0.749. The first-order valence-electron chi connectivity index (χ1n) is 3.63. The van der Waals surface area contributed by atoms with E-state index in [9.17, 15) is 13.2 Å². The van der Waals surface area contributed by atoms with Crippen LogP contribution in [0, 0.1) is 11.3 Å². The molecule has 0 unspecified atom stereocenters. The van der Waals surface area contributed by atoms with E-state index in [-0.39, 0.29) is 11.1 Å². The molecule has 0 aromatic carbocycles. The van der Waals surface area contributed by atoms with E-state index in [1.165, 1.54) is 12.3 Å². The van der Waals surface area contributed by atoms with E-state index in [0.717, 1.165) is 6.20 Å². The van der Waals surface area contributed by atoms with Crippen LogP contribution >= 0.6 is 0 Å². The Morgan fingerprint density at radius 3 is 2.64 bits per heavy atom. The maximum Gasteiger partial charge on any atom is 0.407 e. The van der Waals surface area contributed by atoms with Gasteiger partial charge in [-0.1, -0.05) is 0 Å². The van der Waals surface area contributed by atoms with Gasteiger partial charge in [-0.2, -0.15) is 18.4 Å². The predicted molar refractivity (Wildman–Crippen MR) is 41.9 cm³/mol. The molecular formula is C8H6F3N3. The van der Waals surface area contributed by atoms with E-state index in [0.29, 0.717) is 0 Å². The lowest BCUT2D eigenvalue weighted by Gasteiger charge is -2.16. The Morgan fingerprint density at radius 1 is 1.50 bits per heavy atom. The van der Waals surface area contributed by atoms with Gasteiger partial charge in [-0.15, -0.1) is 0 Å². The third kappa shape index (κ3) is 2.00. The Morgan fingerprint density at radius 2 is 2.14 bits per heavy atom. The largest absolute Gasteiger partial charge is 0.407 e. The Bertz CT molecular complexity index is 367. The molecule has 0 spiro atoms. The molecule has 1 heterocycles. The molecule has 14 heavy (non-hydrogen) atoms. The first kappa shape index (κ1) is 10.5. The van der Waals surface area contributed by atoms with Crippen LogP contribution in [0.2, 0.25) is 0 Å². The minimum atomic E-state index is -4.56. The summed E-state index contributed by atoms with van der Waals surface area (Å²) in [7, 11) is 0. The van der Waals surface area contributed by atoms with Crippen LogP contribution in [0.5, 0.6) is 0 Å². The molecule has 2 N–H and O–H groups in total. The Hall–Kier alpha value is -1.61. The van der Waals surface area contributed by atoms with Gasteiger partial charge in [-0.05, 0) is 6.07 Å². The SMILES string of the molecule is N#Cc1ccncc1[C@@H](N)C(F)(F)F. The zero-order valence-corrected chi connectivity index (χ0v) is 6.92. The molecule has 0 radical (unpaired) electrons. The molecule has 1 aromatic rings. The molecule has 1 aromatic heterocycles. The lowest BCUT2D eigenvalue weighted by molar-refractivity contribution is -0.149. The van der Waals surface area contributed by atoms with Crippen molar-refractivity contribution in [2.75, 3.05) is 0 Å². The van der Waals surface area contributed by atoms with Gasteiger partial charge < -0.3 is 5.73 Å². The van der Waals surface area contributed by atoms with Crippen LogP contribution in [0.1, 0.15) is 17.2 Å². The molecule has 1 rings (SSSR count). The van der Waals surface area contributed by atoms with Crippen LogP contribution in [0.15, 0.2) is 18.5 Å². The number of aromatic nitrogens is 1. The van der Waals surface area contributed by atoms with Crippen molar-refractivity contribution < 1.29 is 13.2 Å².